The summed E-state index contributed by atoms with van der Waals surface area (Å²) in [5.41, 5.74) is 2.02. The summed E-state index contributed by atoms with van der Waals surface area (Å²) in [5.74, 6) is -0.973. The molecular formula is C19H15BrN2O4S. The molecule has 1 heterocycles. The number of thiocarbonyl (C=S) groups is 1. The Labute approximate surface area is 169 Å². The first-order valence-corrected chi connectivity index (χ1v) is 9.06. The molecule has 0 saturated carbocycles. The molecule has 138 valence electrons. The van der Waals surface area contributed by atoms with Crippen molar-refractivity contribution in [1.29, 1.82) is 0 Å². The number of phenols is 1. The molecule has 1 aliphatic rings. The highest BCUT2D eigenvalue weighted by molar-refractivity contribution is 9.10. The van der Waals surface area contributed by atoms with E-state index in [2.05, 4.69) is 21.2 Å². The van der Waals surface area contributed by atoms with Gasteiger partial charge in [-0.25, -0.2) is 0 Å². The lowest BCUT2D eigenvalue weighted by Gasteiger charge is -2.29. The predicted molar refractivity (Wildman–Crippen MR) is 110 cm³/mol. The Morgan fingerprint density at radius 3 is 2.52 bits per heavy atom. The number of benzene rings is 2. The van der Waals surface area contributed by atoms with Crippen LogP contribution < -0.4 is 15.0 Å². The zero-order chi connectivity index (χ0) is 19.7. The Hall–Kier alpha value is -2.71. The predicted octanol–water partition coefficient (Wildman–Crippen LogP) is 3.30. The number of amides is 2. The summed E-state index contributed by atoms with van der Waals surface area (Å²) in [4.78, 5) is 26.6. The molecule has 0 aliphatic carbocycles. The zero-order valence-electron chi connectivity index (χ0n) is 14.4. The molecule has 0 atom stereocenters. The van der Waals surface area contributed by atoms with Crippen molar-refractivity contribution in [3.8, 4) is 11.5 Å². The maximum Gasteiger partial charge on any atom is 0.270 e. The van der Waals surface area contributed by atoms with Crippen LogP contribution in [0.25, 0.3) is 6.08 Å². The van der Waals surface area contributed by atoms with Gasteiger partial charge in [0.2, 0.25) is 0 Å². The molecule has 8 heteroatoms. The van der Waals surface area contributed by atoms with Gasteiger partial charge in [0.05, 0.1) is 17.3 Å². The molecule has 2 aromatic carbocycles. The fourth-order valence-corrected chi connectivity index (χ4v) is 3.33. The zero-order valence-corrected chi connectivity index (χ0v) is 16.8. The highest BCUT2D eigenvalue weighted by Crippen LogP contribution is 2.36. The molecule has 1 saturated heterocycles. The van der Waals surface area contributed by atoms with Gasteiger partial charge in [-0.05, 0) is 71.0 Å². The maximum atomic E-state index is 13.0. The Balaban J connectivity index is 2.04. The number of ether oxygens (including phenoxy) is 1. The lowest BCUT2D eigenvalue weighted by atomic mass is 10.1. The molecule has 27 heavy (non-hydrogen) atoms. The topological polar surface area (TPSA) is 78.9 Å². The minimum atomic E-state index is -0.587. The number of rotatable bonds is 3. The van der Waals surface area contributed by atoms with Crippen molar-refractivity contribution in [1.82, 2.24) is 5.32 Å². The number of carbonyl (C=O) groups is 2. The standard InChI is InChI=1S/C19H15BrN2O4S/c1-10-3-5-12(6-4-10)22-18(25)13(17(24)21-19(22)27)7-11-8-14(20)16(23)15(9-11)26-2/h3-9,23H,1-2H3,(H,21,24,27). The normalized spacial score (nSPS) is 15.9. The molecule has 0 spiro atoms. The average Bonchev–Trinajstić information content (AvgIpc) is 2.62. The van der Waals surface area contributed by atoms with E-state index < -0.39 is 11.8 Å². The van der Waals surface area contributed by atoms with Crippen LogP contribution in [0.5, 0.6) is 11.5 Å². The van der Waals surface area contributed by atoms with E-state index in [0.29, 0.717) is 15.7 Å². The minimum absolute atomic E-state index is 0.0236. The first-order valence-electron chi connectivity index (χ1n) is 7.86. The summed E-state index contributed by atoms with van der Waals surface area (Å²) in [5, 5.41) is 12.5. The monoisotopic (exact) mass is 446 g/mol. The van der Waals surface area contributed by atoms with Gasteiger partial charge in [-0.15, -0.1) is 0 Å². The molecule has 2 N–H and O–H groups in total. The Morgan fingerprint density at radius 2 is 1.89 bits per heavy atom. The number of aryl methyl sites for hydroxylation is 1. The summed E-state index contributed by atoms with van der Waals surface area (Å²) >= 11 is 8.40. The van der Waals surface area contributed by atoms with E-state index in [-0.39, 0.29) is 22.2 Å². The second kappa shape index (κ2) is 7.50. The van der Waals surface area contributed by atoms with Gasteiger partial charge in [0.1, 0.15) is 5.57 Å². The van der Waals surface area contributed by atoms with Gasteiger partial charge in [-0.2, -0.15) is 0 Å². The third-order valence-corrected chi connectivity index (χ3v) is 4.86. The van der Waals surface area contributed by atoms with E-state index in [1.54, 1.807) is 18.2 Å². The quantitative estimate of drug-likeness (QED) is 0.429. The molecule has 6 nitrogen and oxygen atoms in total. The molecule has 2 aromatic rings. The van der Waals surface area contributed by atoms with Crippen molar-refractivity contribution < 1.29 is 19.4 Å². The number of aromatic hydroxyl groups is 1. The number of phenolic OH excluding ortho intramolecular Hbond substituents is 1. The third-order valence-electron chi connectivity index (χ3n) is 3.98. The largest absolute Gasteiger partial charge is 0.503 e. The van der Waals surface area contributed by atoms with Crippen molar-refractivity contribution in [2.45, 2.75) is 6.92 Å². The molecule has 2 amide bonds. The average molecular weight is 447 g/mol. The molecule has 3 rings (SSSR count). The molecule has 1 fully saturated rings. The summed E-state index contributed by atoms with van der Waals surface area (Å²) in [6.07, 6.45) is 1.42. The van der Waals surface area contributed by atoms with Crippen molar-refractivity contribution >= 4 is 56.8 Å². The number of nitrogens with zero attached hydrogens (tertiary/aromatic N) is 1. The SMILES string of the molecule is COc1cc(C=C2C(=O)NC(=S)N(c3ccc(C)cc3)C2=O)cc(Br)c1O. The van der Waals surface area contributed by atoms with Crippen molar-refractivity contribution in [2.24, 2.45) is 0 Å². The van der Waals surface area contributed by atoms with Gasteiger partial charge in [0.25, 0.3) is 11.8 Å². The van der Waals surface area contributed by atoms with E-state index in [1.165, 1.54) is 24.2 Å². The summed E-state index contributed by atoms with van der Waals surface area (Å²) in [6.45, 7) is 1.93. The van der Waals surface area contributed by atoms with Gasteiger partial charge in [0, 0.05) is 0 Å². The number of anilines is 1. The van der Waals surface area contributed by atoms with Crippen LogP contribution in [-0.2, 0) is 9.59 Å². The van der Waals surface area contributed by atoms with E-state index in [9.17, 15) is 14.7 Å². The third kappa shape index (κ3) is 3.72. The number of hydrogen-bond donors (Lipinski definition) is 2. The molecule has 0 radical (unpaired) electrons. The molecule has 1 aliphatic heterocycles. The lowest BCUT2D eigenvalue weighted by molar-refractivity contribution is -0.122. The summed E-state index contributed by atoms with van der Waals surface area (Å²) < 4.78 is 5.48. The molecule has 0 aromatic heterocycles. The fraction of sp³-hybridized carbons (Fsp3) is 0.105. The van der Waals surface area contributed by atoms with E-state index in [1.807, 2.05) is 19.1 Å². The smallest absolute Gasteiger partial charge is 0.270 e. The van der Waals surface area contributed by atoms with Crippen LogP contribution in [0.1, 0.15) is 11.1 Å². The second-order valence-electron chi connectivity index (χ2n) is 5.85. The van der Waals surface area contributed by atoms with Gasteiger partial charge in [-0.1, -0.05) is 17.7 Å². The number of hydrogen-bond acceptors (Lipinski definition) is 5. The van der Waals surface area contributed by atoms with Crippen LogP contribution in [0.4, 0.5) is 5.69 Å². The summed E-state index contributed by atoms with van der Waals surface area (Å²) in [7, 11) is 1.41. The Bertz CT molecular complexity index is 986. The molecule has 0 unspecified atom stereocenters. The van der Waals surface area contributed by atoms with Gasteiger partial charge in [-0.3, -0.25) is 19.8 Å². The molecule has 0 bridgehead atoms. The summed E-state index contributed by atoms with van der Waals surface area (Å²) in [6, 6.07) is 10.3. The van der Waals surface area contributed by atoms with Crippen molar-refractivity contribution in [3.63, 3.8) is 0 Å². The van der Waals surface area contributed by atoms with E-state index in [4.69, 9.17) is 17.0 Å². The minimum Gasteiger partial charge on any atom is -0.503 e. The van der Waals surface area contributed by atoms with Gasteiger partial charge in [0.15, 0.2) is 16.6 Å². The van der Waals surface area contributed by atoms with Gasteiger partial charge < -0.3 is 9.84 Å². The maximum absolute atomic E-state index is 13.0. The highest BCUT2D eigenvalue weighted by atomic mass is 79.9. The van der Waals surface area contributed by atoms with Crippen LogP contribution in [-0.4, -0.2) is 29.1 Å². The lowest BCUT2D eigenvalue weighted by Crippen LogP contribution is -2.54. The van der Waals surface area contributed by atoms with Crippen LogP contribution in [0.3, 0.4) is 0 Å². The molecular weight excluding hydrogens is 432 g/mol. The first-order chi connectivity index (χ1) is 12.8. The van der Waals surface area contributed by atoms with Crippen LogP contribution in [0, 0.1) is 6.92 Å². The van der Waals surface area contributed by atoms with Crippen LogP contribution >= 0.6 is 28.1 Å². The van der Waals surface area contributed by atoms with Crippen LogP contribution in [0.15, 0.2) is 46.4 Å². The van der Waals surface area contributed by atoms with E-state index in [0.717, 1.165) is 5.56 Å². The van der Waals surface area contributed by atoms with Gasteiger partial charge >= 0.3 is 0 Å². The second-order valence-corrected chi connectivity index (χ2v) is 7.09. The fourth-order valence-electron chi connectivity index (χ4n) is 2.59. The van der Waals surface area contributed by atoms with Crippen molar-refractivity contribution in [2.75, 3.05) is 12.0 Å². The number of halogens is 1. The van der Waals surface area contributed by atoms with Crippen LogP contribution in [0.2, 0.25) is 0 Å². The number of carbonyl (C=O) groups excluding carboxylic acids is 2. The number of nitrogens with one attached hydrogen (secondary N) is 1. The number of methoxy groups -OCH3 is 1. The van der Waals surface area contributed by atoms with Crippen molar-refractivity contribution in [3.05, 3.63) is 57.6 Å². The highest BCUT2D eigenvalue weighted by Gasteiger charge is 2.34. The first kappa shape index (κ1) is 19.1. The van der Waals surface area contributed by atoms with E-state index >= 15 is 0 Å². The Kier molecular flexibility index (Phi) is 5.29. The Morgan fingerprint density at radius 1 is 1.22 bits per heavy atom.